The number of carbonyl (C=O) groups is 1. The molecule has 1 aliphatic heterocycles. The molecule has 1 fully saturated rings. The molecule has 1 aromatic rings. The summed E-state index contributed by atoms with van der Waals surface area (Å²) in [7, 11) is 3.61. The maximum atomic E-state index is 13.0. The van der Waals surface area contributed by atoms with Crippen molar-refractivity contribution in [2.75, 3.05) is 32.1 Å². The van der Waals surface area contributed by atoms with Crippen molar-refractivity contribution in [1.29, 1.82) is 0 Å². The molecule has 0 aliphatic carbocycles. The van der Waals surface area contributed by atoms with Crippen LogP contribution in [0, 0.1) is 0 Å². The molecule has 0 N–H and O–H groups in total. The van der Waals surface area contributed by atoms with Crippen LogP contribution in [0.25, 0.3) is 0 Å². The van der Waals surface area contributed by atoms with E-state index in [-0.39, 0.29) is 37.5 Å². The van der Waals surface area contributed by atoms with Gasteiger partial charge in [0.1, 0.15) is 17.8 Å². The Balaban J connectivity index is 2.10. The molecule has 1 aliphatic rings. The number of hydrogen-bond acceptors (Lipinski definition) is 4. The number of carbonyl (C=O) groups excluding carboxylic acids is 1. The summed E-state index contributed by atoms with van der Waals surface area (Å²) in [5.41, 5.74) is 0.240. The third-order valence-corrected chi connectivity index (χ3v) is 3.11. The Morgan fingerprint density at radius 1 is 1.32 bits per heavy atom. The zero-order chi connectivity index (χ0) is 14.0. The summed E-state index contributed by atoms with van der Waals surface area (Å²) >= 11 is 0. The van der Waals surface area contributed by atoms with Gasteiger partial charge in [-0.1, -0.05) is 0 Å². The SMILES string of the molecule is CN(C)c1cc(C(=O)N2CCC(F)(F)CC2)ncn1. The smallest absolute Gasteiger partial charge is 0.272 e. The average Bonchev–Trinajstić information content (AvgIpc) is 2.38. The lowest BCUT2D eigenvalue weighted by atomic mass is 10.1. The molecule has 0 radical (unpaired) electrons. The van der Waals surface area contributed by atoms with E-state index in [1.165, 1.54) is 11.2 Å². The Bertz CT molecular complexity index is 469. The monoisotopic (exact) mass is 270 g/mol. The summed E-state index contributed by atoms with van der Waals surface area (Å²) in [5, 5.41) is 0. The van der Waals surface area contributed by atoms with Gasteiger partial charge in [-0.2, -0.15) is 0 Å². The molecule has 7 heteroatoms. The maximum absolute atomic E-state index is 13.0. The first-order chi connectivity index (χ1) is 8.89. The molecule has 2 rings (SSSR count). The summed E-state index contributed by atoms with van der Waals surface area (Å²) in [6.07, 6.45) is 0.732. The van der Waals surface area contributed by atoms with Crippen molar-refractivity contribution >= 4 is 11.7 Å². The molecule has 0 atom stereocenters. The summed E-state index contributed by atoms with van der Waals surface area (Å²) in [5.74, 6) is -2.36. The fraction of sp³-hybridized carbons (Fsp3) is 0.583. The fourth-order valence-corrected chi connectivity index (χ4v) is 1.91. The molecule has 1 aromatic heterocycles. The van der Waals surface area contributed by atoms with Crippen LogP contribution in [0.1, 0.15) is 23.3 Å². The standard InChI is InChI=1S/C12H16F2N4O/c1-17(2)10-7-9(15-8-16-10)11(19)18-5-3-12(13,14)4-6-18/h7-8H,3-6H2,1-2H3. The van der Waals surface area contributed by atoms with Crippen molar-refractivity contribution in [3.05, 3.63) is 18.1 Å². The number of likely N-dealkylation sites (tertiary alicyclic amines) is 1. The van der Waals surface area contributed by atoms with Gasteiger partial charge in [0.05, 0.1) is 0 Å². The molecule has 0 spiro atoms. The zero-order valence-electron chi connectivity index (χ0n) is 10.9. The number of alkyl halides is 2. The third-order valence-electron chi connectivity index (χ3n) is 3.11. The molecule has 1 amide bonds. The van der Waals surface area contributed by atoms with E-state index in [0.717, 1.165) is 0 Å². The molecule has 0 unspecified atom stereocenters. The van der Waals surface area contributed by atoms with Gasteiger partial charge in [-0.15, -0.1) is 0 Å². The summed E-state index contributed by atoms with van der Waals surface area (Å²) in [4.78, 5) is 23.3. The van der Waals surface area contributed by atoms with Gasteiger partial charge in [0.2, 0.25) is 0 Å². The van der Waals surface area contributed by atoms with Crippen LogP contribution < -0.4 is 4.90 Å². The second kappa shape index (κ2) is 5.07. The maximum Gasteiger partial charge on any atom is 0.272 e. The molecule has 104 valence electrons. The molecule has 0 saturated carbocycles. The predicted octanol–water partition coefficient (Wildman–Crippen LogP) is 1.41. The van der Waals surface area contributed by atoms with Crippen LogP contribution in [0.5, 0.6) is 0 Å². The summed E-state index contributed by atoms with van der Waals surface area (Å²) in [6, 6.07) is 1.56. The first kappa shape index (κ1) is 13.6. The fourth-order valence-electron chi connectivity index (χ4n) is 1.91. The Labute approximate surface area is 110 Å². The predicted molar refractivity (Wildman–Crippen MR) is 66.4 cm³/mol. The molecule has 1 saturated heterocycles. The lowest BCUT2D eigenvalue weighted by Crippen LogP contribution is -2.43. The lowest BCUT2D eigenvalue weighted by Gasteiger charge is -2.31. The minimum absolute atomic E-state index is 0.0626. The van der Waals surface area contributed by atoms with Gasteiger partial charge in [0, 0.05) is 46.1 Å². The van der Waals surface area contributed by atoms with E-state index in [2.05, 4.69) is 9.97 Å². The van der Waals surface area contributed by atoms with Crippen LogP contribution in [-0.4, -0.2) is 53.9 Å². The van der Waals surface area contributed by atoms with E-state index in [1.807, 2.05) is 0 Å². The Hall–Kier alpha value is -1.79. The van der Waals surface area contributed by atoms with E-state index in [1.54, 1.807) is 25.1 Å². The minimum Gasteiger partial charge on any atom is -0.363 e. The molecule has 2 heterocycles. The van der Waals surface area contributed by atoms with Gasteiger partial charge in [0.15, 0.2) is 0 Å². The molecule has 5 nitrogen and oxygen atoms in total. The highest BCUT2D eigenvalue weighted by atomic mass is 19.3. The molecular formula is C12H16F2N4O. The van der Waals surface area contributed by atoms with E-state index in [0.29, 0.717) is 5.82 Å². The van der Waals surface area contributed by atoms with Gasteiger partial charge in [-0.3, -0.25) is 4.79 Å². The summed E-state index contributed by atoms with van der Waals surface area (Å²) < 4.78 is 26.1. The first-order valence-electron chi connectivity index (χ1n) is 6.05. The molecular weight excluding hydrogens is 254 g/mol. The zero-order valence-corrected chi connectivity index (χ0v) is 10.9. The van der Waals surface area contributed by atoms with E-state index in [9.17, 15) is 13.6 Å². The van der Waals surface area contributed by atoms with Crippen molar-refractivity contribution in [2.45, 2.75) is 18.8 Å². The number of anilines is 1. The molecule has 0 aromatic carbocycles. The van der Waals surface area contributed by atoms with Gasteiger partial charge in [0.25, 0.3) is 11.8 Å². The first-order valence-corrected chi connectivity index (χ1v) is 6.05. The van der Waals surface area contributed by atoms with Crippen molar-refractivity contribution in [3.8, 4) is 0 Å². The van der Waals surface area contributed by atoms with Crippen LogP contribution in [-0.2, 0) is 0 Å². The Kier molecular flexibility index (Phi) is 3.64. The number of piperidine rings is 1. The van der Waals surface area contributed by atoms with Gasteiger partial charge in [-0.25, -0.2) is 18.7 Å². The van der Waals surface area contributed by atoms with Crippen molar-refractivity contribution in [3.63, 3.8) is 0 Å². The van der Waals surface area contributed by atoms with Gasteiger partial charge in [-0.05, 0) is 0 Å². The van der Waals surface area contributed by atoms with Crippen LogP contribution in [0.3, 0.4) is 0 Å². The van der Waals surface area contributed by atoms with Crippen molar-refractivity contribution in [2.24, 2.45) is 0 Å². The van der Waals surface area contributed by atoms with Crippen molar-refractivity contribution < 1.29 is 13.6 Å². The van der Waals surface area contributed by atoms with E-state index >= 15 is 0 Å². The number of amides is 1. The highest BCUT2D eigenvalue weighted by Crippen LogP contribution is 2.28. The number of aromatic nitrogens is 2. The lowest BCUT2D eigenvalue weighted by molar-refractivity contribution is -0.0495. The van der Waals surface area contributed by atoms with Crippen LogP contribution in [0.4, 0.5) is 14.6 Å². The van der Waals surface area contributed by atoms with Gasteiger partial charge < -0.3 is 9.80 Å². The highest BCUT2D eigenvalue weighted by Gasteiger charge is 2.36. The van der Waals surface area contributed by atoms with E-state index in [4.69, 9.17) is 0 Å². The third kappa shape index (κ3) is 3.15. The Morgan fingerprint density at radius 3 is 2.53 bits per heavy atom. The average molecular weight is 270 g/mol. The van der Waals surface area contributed by atoms with Gasteiger partial charge >= 0.3 is 0 Å². The number of nitrogens with zero attached hydrogens (tertiary/aromatic N) is 4. The minimum atomic E-state index is -2.66. The summed E-state index contributed by atoms with van der Waals surface area (Å²) in [6.45, 7) is 0.125. The van der Waals surface area contributed by atoms with Crippen LogP contribution >= 0.6 is 0 Å². The number of hydrogen-bond donors (Lipinski definition) is 0. The number of rotatable bonds is 2. The number of halogens is 2. The quantitative estimate of drug-likeness (QED) is 0.815. The Morgan fingerprint density at radius 2 is 1.95 bits per heavy atom. The highest BCUT2D eigenvalue weighted by molar-refractivity contribution is 5.93. The second-order valence-corrected chi connectivity index (χ2v) is 4.80. The van der Waals surface area contributed by atoms with Crippen LogP contribution in [0.15, 0.2) is 12.4 Å². The normalized spacial score (nSPS) is 18.2. The topological polar surface area (TPSA) is 49.3 Å². The van der Waals surface area contributed by atoms with Crippen molar-refractivity contribution in [1.82, 2.24) is 14.9 Å². The molecule has 19 heavy (non-hydrogen) atoms. The second-order valence-electron chi connectivity index (χ2n) is 4.80. The largest absolute Gasteiger partial charge is 0.363 e. The molecule has 0 bridgehead atoms. The van der Waals surface area contributed by atoms with Crippen LogP contribution in [0.2, 0.25) is 0 Å². The van der Waals surface area contributed by atoms with E-state index < -0.39 is 5.92 Å².